The molecule has 0 amide bonds. The van der Waals surface area contributed by atoms with E-state index in [0.717, 1.165) is 0 Å². The minimum Gasteiger partial charge on any atom is -0.310 e. The maximum absolute atomic E-state index is 4.19. The van der Waals surface area contributed by atoms with Crippen LogP contribution in [0.2, 0.25) is 0 Å². The van der Waals surface area contributed by atoms with Crippen molar-refractivity contribution in [1.29, 1.82) is 0 Å². The molecule has 1 nitrogen and oxygen atoms in total. The van der Waals surface area contributed by atoms with E-state index in [1.54, 1.807) is 0 Å². The van der Waals surface area contributed by atoms with Crippen LogP contribution in [0.1, 0.15) is 144 Å². The average Bonchev–Trinajstić information content (AvgIpc) is 3.19. The lowest BCUT2D eigenvalue weighted by atomic mass is 9.51. The van der Waals surface area contributed by atoms with Crippen LogP contribution >= 0.6 is 0 Å². The summed E-state index contributed by atoms with van der Waals surface area (Å²) in [5.41, 5.74) is 1.23. The molecule has 1 saturated heterocycles. The molecule has 3 unspecified atom stereocenters. The monoisotopic (exact) mass is 379 g/mol. The molecule has 1 heterocycles. The molecule has 1 N–H and O–H groups in total. The summed E-state index contributed by atoms with van der Waals surface area (Å²) in [6.07, 6.45) is 22.3. The van der Waals surface area contributed by atoms with Gasteiger partial charge in [0.2, 0.25) is 0 Å². The summed E-state index contributed by atoms with van der Waals surface area (Å²) in [4.78, 5) is 0. The van der Waals surface area contributed by atoms with Crippen LogP contribution in [0, 0.1) is 10.8 Å². The fourth-order valence-electron chi connectivity index (χ4n) is 6.20. The van der Waals surface area contributed by atoms with Crippen molar-refractivity contribution in [3.8, 4) is 0 Å². The lowest BCUT2D eigenvalue weighted by molar-refractivity contribution is -0.0321. The van der Waals surface area contributed by atoms with Gasteiger partial charge in [0.05, 0.1) is 0 Å². The fraction of sp³-hybridized carbons (Fsp3) is 1.00. The van der Waals surface area contributed by atoms with Gasteiger partial charge in [0.1, 0.15) is 0 Å². The zero-order valence-corrected chi connectivity index (χ0v) is 20.0. The molecule has 0 saturated carbocycles. The summed E-state index contributed by atoms with van der Waals surface area (Å²) in [5.74, 6) is 0. The van der Waals surface area contributed by atoms with Gasteiger partial charge in [-0.3, -0.25) is 0 Å². The summed E-state index contributed by atoms with van der Waals surface area (Å²) < 4.78 is 0. The standard InChI is InChI=1S/C26H53N/c1-7-11-14-16-20-24(5,10-4)26(22-18-23-27-26)25(6,19-13-9-3)21-17-15-12-8-2/h27H,7-23H2,1-6H3. The summed E-state index contributed by atoms with van der Waals surface area (Å²) in [6.45, 7) is 16.1. The van der Waals surface area contributed by atoms with E-state index in [4.69, 9.17) is 0 Å². The minimum absolute atomic E-state index is 0.350. The first-order chi connectivity index (χ1) is 12.9. The van der Waals surface area contributed by atoms with Gasteiger partial charge in [0.25, 0.3) is 0 Å². The van der Waals surface area contributed by atoms with Crippen LogP contribution in [-0.2, 0) is 0 Å². The van der Waals surface area contributed by atoms with E-state index in [1.807, 2.05) is 0 Å². The number of nitrogens with one attached hydrogen (secondary N) is 1. The normalized spacial score (nSPS) is 24.7. The zero-order valence-electron chi connectivity index (χ0n) is 20.0. The molecule has 1 fully saturated rings. The van der Waals surface area contributed by atoms with Gasteiger partial charge in [-0.15, -0.1) is 0 Å². The fourth-order valence-corrected chi connectivity index (χ4v) is 6.20. The highest BCUT2D eigenvalue weighted by Crippen LogP contribution is 2.57. The van der Waals surface area contributed by atoms with Crippen molar-refractivity contribution >= 4 is 0 Å². The maximum Gasteiger partial charge on any atom is 0.0289 e. The molecular weight excluding hydrogens is 326 g/mol. The van der Waals surface area contributed by atoms with Gasteiger partial charge in [-0.05, 0) is 55.9 Å². The highest BCUT2D eigenvalue weighted by atomic mass is 15.1. The first kappa shape index (κ1) is 25.0. The molecular formula is C26H53N. The van der Waals surface area contributed by atoms with Crippen molar-refractivity contribution in [3.63, 3.8) is 0 Å². The molecule has 0 radical (unpaired) electrons. The Morgan fingerprint density at radius 1 is 0.667 bits per heavy atom. The Morgan fingerprint density at radius 2 is 1.19 bits per heavy atom. The third-order valence-corrected chi connectivity index (χ3v) is 8.24. The van der Waals surface area contributed by atoms with Crippen molar-refractivity contribution in [2.75, 3.05) is 6.54 Å². The number of rotatable bonds is 16. The molecule has 0 bridgehead atoms. The zero-order chi connectivity index (χ0) is 20.2. The van der Waals surface area contributed by atoms with Crippen LogP contribution < -0.4 is 5.32 Å². The van der Waals surface area contributed by atoms with E-state index in [0.29, 0.717) is 16.4 Å². The molecule has 3 atom stereocenters. The van der Waals surface area contributed by atoms with Crippen LogP contribution in [0.3, 0.4) is 0 Å². The molecule has 0 spiro atoms. The van der Waals surface area contributed by atoms with E-state index in [1.165, 1.54) is 109 Å². The highest BCUT2D eigenvalue weighted by molar-refractivity contribution is 5.13. The lowest BCUT2D eigenvalue weighted by Crippen LogP contribution is -2.63. The quantitative estimate of drug-likeness (QED) is 0.264. The van der Waals surface area contributed by atoms with Gasteiger partial charge in [-0.25, -0.2) is 0 Å². The van der Waals surface area contributed by atoms with Crippen molar-refractivity contribution < 1.29 is 0 Å². The summed E-state index contributed by atoms with van der Waals surface area (Å²) in [6, 6.07) is 0. The SMILES string of the molecule is CCCCCCC(C)(CC)C1(C(C)(CCCC)CCCCCC)CCCN1. The average molecular weight is 380 g/mol. The first-order valence-electron chi connectivity index (χ1n) is 12.7. The van der Waals surface area contributed by atoms with E-state index >= 15 is 0 Å². The summed E-state index contributed by atoms with van der Waals surface area (Å²) in [7, 11) is 0. The van der Waals surface area contributed by atoms with Crippen LogP contribution in [0.25, 0.3) is 0 Å². The Kier molecular flexibility index (Phi) is 11.6. The molecule has 0 aromatic heterocycles. The smallest absolute Gasteiger partial charge is 0.0289 e. The molecule has 1 rings (SSSR count). The predicted octanol–water partition coefficient (Wildman–Crippen LogP) is 8.66. The molecule has 162 valence electrons. The van der Waals surface area contributed by atoms with Gasteiger partial charge >= 0.3 is 0 Å². The van der Waals surface area contributed by atoms with Crippen molar-refractivity contribution in [2.45, 2.75) is 150 Å². The molecule has 0 aromatic rings. The minimum atomic E-state index is 0.350. The number of unbranched alkanes of at least 4 members (excludes halogenated alkanes) is 7. The second kappa shape index (κ2) is 12.5. The second-order valence-corrected chi connectivity index (χ2v) is 10.1. The predicted molar refractivity (Wildman–Crippen MR) is 124 cm³/mol. The van der Waals surface area contributed by atoms with Crippen molar-refractivity contribution in [2.24, 2.45) is 10.8 Å². The van der Waals surface area contributed by atoms with Crippen LogP contribution in [-0.4, -0.2) is 12.1 Å². The van der Waals surface area contributed by atoms with Crippen LogP contribution in [0.15, 0.2) is 0 Å². The number of hydrogen-bond donors (Lipinski definition) is 1. The molecule has 0 aromatic carbocycles. The third kappa shape index (κ3) is 6.22. The van der Waals surface area contributed by atoms with E-state index in [-0.39, 0.29) is 0 Å². The van der Waals surface area contributed by atoms with Crippen LogP contribution in [0.5, 0.6) is 0 Å². The third-order valence-electron chi connectivity index (χ3n) is 8.24. The highest BCUT2D eigenvalue weighted by Gasteiger charge is 2.57. The van der Waals surface area contributed by atoms with Gasteiger partial charge < -0.3 is 5.32 Å². The van der Waals surface area contributed by atoms with E-state index in [9.17, 15) is 0 Å². The van der Waals surface area contributed by atoms with Gasteiger partial charge in [0.15, 0.2) is 0 Å². The van der Waals surface area contributed by atoms with E-state index < -0.39 is 0 Å². The van der Waals surface area contributed by atoms with Gasteiger partial charge in [-0.1, -0.05) is 106 Å². The summed E-state index contributed by atoms with van der Waals surface area (Å²) >= 11 is 0. The Bertz CT molecular complexity index is 370. The summed E-state index contributed by atoms with van der Waals surface area (Å²) in [5, 5.41) is 4.19. The van der Waals surface area contributed by atoms with Crippen LogP contribution in [0.4, 0.5) is 0 Å². The van der Waals surface area contributed by atoms with Gasteiger partial charge in [-0.2, -0.15) is 0 Å². The molecule has 1 aliphatic heterocycles. The molecule has 27 heavy (non-hydrogen) atoms. The topological polar surface area (TPSA) is 12.0 Å². The Balaban J connectivity index is 3.06. The Morgan fingerprint density at radius 3 is 1.63 bits per heavy atom. The van der Waals surface area contributed by atoms with Gasteiger partial charge in [0, 0.05) is 5.54 Å². The molecule has 1 aliphatic rings. The van der Waals surface area contributed by atoms with Crippen molar-refractivity contribution in [3.05, 3.63) is 0 Å². The molecule has 1 heteroatoms. The van der Waals surface area contributed by atoms with E-state index in [2.05, 4.69) is 46.9 Å². The first-order valence-corrected chi connectivity index (χ1v) is 12.7. The Hall–Kier alpha value is -0.0400. The van der Waals surface area contributed by atoms with Crippen molar-refractivity contribution in [1.82, 2.24) is 5.32 Å². The maximum atomic E-state index is 4.19. The molecule has 0 aliphatic carbocycles. The lowest BCUT2D eigenvalue weighted by Gasteiger charge is -2.58. The Labute approximate surface area is 172 Å². The number of hydrogen-bond acceptors (Lipinski definition) is 1. The second-order valence-electron chi connectivity index (χ2n) is 10.1. The largest absolute Gasteiger partial charge is 0.310 e.